The SMILES string of the molecule is CCC1CCCC(C(N)C2CSCCN2C)C1. The maximum atomic E-state index is 6.58. The lowest BCUT2D eigenvalue weighted by atomic mass is 9.75. The third-order valence-corrected chi connectivity index (χ3v) is 5.88. The molecule has 0 aromatic rings. The molecule has 0 aromatic carbocycles. The third-order valence-electron chi connectivity index (χ3n) is 4.83. The van der Waals surface area contributed by atoms with Gasteiger partial charge in [-0.15, -0.1) is 0 Å². The Bertz CT molecular complexity index is 234. The summed E-state index contributed by atoms with van der Waals surface area (Å²) >= 11 is 2.08. The van der Waals surface area contributed by atoms with E-state index in [4.69, 9.17) is 5.73 Å². The predicted octanol–water partition coefficient (Wildman–Crippen LogP) is 2.58. The van der Waals surface area contributed by atoms with Crippen LogP contribution in [0.3, 0.4) is 0 Å². The van der Waals surface area contributed by atoms with Crippen LogP contribution in [0.25, 0.3) is 0 Å². The van der Waals surface area contributed by atoms with Gasteiger partial charge in [-0.2, -0.15) is 11.8 Å². The Balaban J connectivity index is 1.91. The van der Waals surface area contributed by atoms with Crippen LogP contribution in [0.4, 0.5) is 0 Å². The molecule has 0 radical (unpaired) electrons. The zero-order valence-corrected chi connectivity index (χ0v) is 12.2. The van der Waals surface area contributed by atoms with Crippen molar-refractivity contribution >= 4 is 11.8 Å². The minimum atomic E-state index is 0.405. The molecule has 4 atom stereocenters. The summed E-state index contributed by atoms with van der Waals surface area (Å²) in [6.45, 7) is 3.55. The molecule has 1 aliphatic heterocycles. The van der Waals surface area contributed by atoms with E-state index in [1.165, 1.54) is 50.2 Å². The van der Waals surface area contributed by atoms with Gasteiger partial charge in [0.1, 0.15) is 0 Å². The number of hydrogen-bond donors (Lipinski definition) is 1. The van der Waals surface area contributed by atoms with Crippen LogP contribution in [0, 0.1) is 11.8 Å². The quantitative estimate of drug-likeness (QED) is 0.841. The number of nitrogens with two attached hydrogens (primary N) is 1. The number of thioether (sulfide) groups is 1. The van der Waals surface area contributed by atoms with Crippen LogP contribution in [0.5, 0.6) is 0 Å². The summed E-state index contributed by atoms with van der Waals surface area (Å²) in [5.41, 5.74) is 6.58. The molecular weight excluding hydrogens is 228 g/mol. The van der Waals surface area contributed by atoms with Crippen LogP contribution in [0.15, 0.2) is 0 Å². The van der Waals surface area contributed by atoms with Crippen LogP contribution < -0.4 is 5.73 Å². The Morgan fingerprint density at radius 1 is 1.41 bits per heavy atom. The van der Waals surface area contributed by atoms with E-state index in [-0.39, 0.29) is 0 Å². The van der Waals surface area contributed by atoms with Gasteiger partial charge in [0, 0.05) is 30.1 Å². The van der Waals surface area contributed by atoms with Crippen molar-refractivity contribution in [3.8, 4) is 0 Å². The molecule has 0 aromatic heterocycles. The van der Waals surface area contributed by atoms with Gasteiger partial charge in [-0.25, -0.2) is 0 Å². The molecule has 2 rings (SSSR count). The Morgan fingerprint density at radius 3 is 2.94 bits per heavy atom. The number of nitrogens with zero attached hydrogens (tertiary/aromatic N) is 1. The molecular formula is C14H28N2S. The summed E-state index contributed by atoms with van der Waals surface area (Å²) in [7, 11) is 2.25. The van der Waals surface area contributed by atoms with Gasteiger partial charge in [0.05, 0.1) is 0 Å². The first-order valence-electron chi connectivity index (χ1n) is 7.26. The summed E-state index contributed by atoms with van der Waals surface area (Å²) in [6.07, 6.45) is 6.94. The minimum absolute atomic E-state index is 0.405. The lowest BCUT2D eigenvalue weighted by molar-refractivity contribution is 0.153. The maximum Gasteiger partial charge on any atom is 0.0337 e. The van der Waals surface area contributed by atoms with Gasteiger partial charge in [0.2, 0.25) is 0 Å². The van der Waals surface area contributed by atoms with E-state index in [1.807, 2.05) is 0 Å². The Morgan fingerprint density at radius 2 is 2.24 bits per heavy atom. The molecule has 3 heteroatoms. The van der Waals surface area contributed by atoms with Crippen molar-refractivity contribution in [2.45, 2.75) is 51.1 Å². The van der Waals surface area contributed by atoms with Crippen molar-refractivity contribution in [2.75, 3.05) is 25.1 Å². The number of hydrogen-bond acceptors (Lipinski definition) is 3. The van der Waals surface area contributed by atoms with E-state index in [0.717, 1.165) is 11.8 Å². The van der Waals surface area contributed by atoms with E-state index in [9.17, 15) is 0 Å². The number of rotatable bonds is 3. The van der Waals surface area contributed by atoms with Gasteiger partial charge in [0.15, 0.2) is 0 Å². The largest absolute Gasteiger partial charge is 0.326 e. The van der Waals surface area contributed by atoms with Crippen molar-refractivity contribution in [3.05, 3.63) is 0 Å². The molecule has 2 N–H and O–H groups in total. The van der Waals surface area contributed by atoms with Crippen molar-refractivity contribution in [3.63, 3.8) is 0 Å². The molecule has 1 aliphatic carbocycles. The average Bonchev–Trinajstić information content (AvgIpc) is 2.38. The highest BCUT2D eigenvalue weighted by Gasteiger charge is 2.33. The van der Waals surface area contributed by atoms with Crippen molar-refractivity contribution in [1.29, 1.82) is 0 Å². The molecule has 17 heavy (non-hydrogen) atoms. The second-order valence-corrected chi connectivity index (χ2v) is 7.05. The fourth-order valence-corrected chi connectivity index (χ4v) is 4.78. The van der Waals surface area contributed by atoms with Crippen LogP contribution >= 0.6 is 11.8 Å². The van der Waals surface area contributed by atoms with Crippen LogP contribution in [-0.4, -0.2) is 42.1 Å². The highest BCUT2D eigenvalue weighted by molar-refractivity contribution is 7.99. The smallest absolute Gasteiger partial charge is 0.0337 e. The van der Waals surface area contributed by atoms with Crippen LogP contribution in [0.2, 0.25) is 0 Å². The molecule has 2 nitrogen and oxygen atoms in total. The zero-order valence-electron chi connectivity index (χ0n) is 11.4. The fraction of sp³-hybridized carbons (Fsp3) is 1.00. The molecule has 4 unspecified atom stereocenters. The molecule has 100 valence electrons. The Kier molecular flexibility index (Phi) is 5.19. The first kappa shape index (κ1) is 13.7. The summed E-state index contributed by atoms with van der Waals surface area (Å²) in [5, 5.41) is 0. The predicted molar refractivity (Wildman–Crippen MR) is 77.5 cm³/mol. The summed E-state index contributed by atoms with van der Waals surface area (Å²) in [5.74, 6) is 4.24. The first-order valence-corrected chi connectivity index (χ1v) is 8.41. The molecule has 1 saturated heterocycles. The topological polar surface area (TPSA) is 29.3 Å². The molecule has 0 amide bonds. The lowest BCUT2D eigenvalue weighted by Gasteiger charge is -2.41. The van der Waals surface area contributed by atoms with Gasteiger partial charge < -0.3 is 10.6 Å². The van der Waals surface area contributed by atoms with Gasteiger partial charge in [-0.05, 0) is 31.7 Å². The fourth-order valence-electron chi connectivity index (χ4n) is 3.48. The van der Waals surface area contributed by atoms with Crippen molar-refractivity contribution in [2.24, 2.45) is 17.6 Å². The minimum Gasteiger partial charge on any atom is -0.326 e. The highest BCUT2D eigenvalue weighted by Crippen LogP contribution is 2.34. The zero-order chi connectivity index (χ0) is 12.3. The molecule has 1 heterocycles. The molecule has 2 aliphatic rings. The van der Waals surface area contributed by atoms with Gasteiger partial charge >= 0.3 is 0 Å². The standard InChI is InChI=1S/C14H28N2S/c1-3-11-5-4-6-12(9-11)14(15)13-10-17-8-7-16(13)2/h11-14H,3-10,15H2,1-2H3. The third kappa shape index (κ3) is 3.39. The monoisotopic (exact) mass is 256 g/mol. The van der Waals surface area contributed by atoms with E-state index < -0.39 is 0 Å². The second kappa shape index (κ2) is 6.44. The van der Waals surface area contributed by atoms with Crippen LogP contribution in [-0.2, 0) is 0 Å². The Labute approximate surface area is 111 Å². The average molecular weight is 256 g/mol. The molecule has 1 saturated carbocycles. The molecule has 0 spiro atoms. The van der Waals surface area contributed by atoms with Gasteiger partial charge in [0.25, 0.3) is 0 Å². The van der Waals surface area contributed by atoms with E-state index in [0.29, 0.717) is 12.1 Å². The van der Waals surface area contributed by atoms with E-state index >= 15 is 0 Å². The lowest BCUT2D eigenvalue weighted by Crippen LogP contribution is -2.54. The summed E-state index contributed by atoms with van der Waals surface area (Å²) in [6, 6.07) is 1.02. The van der Waals surface area contributed by atoms with Gasteiger partial charge in [-0.1, -0.05) is 26.2 Å². The normalized spacial score (nSPS) is 37.9. The van der Waals surface area contributed by atoms with E-state index in [1.54, 1.807) is 0 Å². The summed E-state index contributed by atoms with van der Waals surface area (Å²) in [4.78, 5) is 2.50. The first-order chi connectivity index (χ1) is 8.22. The second-order valence-electron chi connectivity index (χ2n) is 5.90. The molecule has 0 bridgehead atoms. The van der Waals surface area contributed by atoms with Gasteiger partial charge in [-0.3, -0.25) is 0 Å². The van der Waals surface area contributed by atoms with Crippen molar-refractivity contribution < 1.29 is 0 Å². The maximum absolute atomic E-state index is 6.58. The Hall–Kier alpha value is 0.270. The van der Waals surface area contributed by atoms with Crippen molar-refractivity contribution in [1.82, 2.24) is 4.90 Å². The van der Waals surface area contributed by atoms with E-state index in [2.05, 4.69) is 30.6 Å². The molecule has 2 fully saturated rings. The van der Waals surface area contributed by atoms with Crippen LogP contribution in [0.1, 0.15) is 39.0 Å². The number of likely N-dealkylation sites (N-methyl/N-ethyl adjacent to an activating group) is 1. The summed E-state index contributed by atoms with van der Waals surface area (Å²) < 4.78 is 0. The highest BCUT2D eigenvalue weighted by atomic mass is 32.2.